The Morgan fingerprint density at radius 2 is 1.95 bits per heavy atom. The molecule has 1 unspecified atom stereocenters. The Morgan fingerprint density at radius 3 is 2.42 bits per heavy atom. The number of rotatable bonds is 5. The number of halogens is 3. The monoisotopic (exact) mass is 290 g/mol. The number of Topliss-reactive ketones (excluding diaryl/α,β-unsaturated/α-hetero) is 1. The standard InChI is InChI=1S/C13H13ClF2O3/c1-3-19-13(18)9-5-4-8(12(15)16)6-10(9)11(17)7(2)14/h4-7,12H,3H2,1-2H3. The number of benzene rings is 1. The maximum Gasteiger partial charge on any atom is 0.338 e. The molecule has 0 aromatic heterocycles. The summed E-state index contributed by atoms with van der Waals surface area (Å²) in [5.74, 6) is -1.32. The van der Waals surface area contributed by atoms with Gasteiger partial charge in [-0.15, -0.1) is 11.6 Å². The Balaban J connectivity index is 3.30. The van der Waals surface area contributed by atoms with E-state index in [9.17, 15) is 18.4 Å². The van der Waals surface area contributed by atoms with E-state index in [1.165, 1.54) is 6.92 Å². The van der Waals surface area contributed by atoms with Crippen LogP contribution in [0, 0.1) is 0 Å². The molecular weight excluding hydrogens is 278 g/mol. The predicted molar refractivity (Wildman–Crippen MR) is 67.0 cm³/mol. The van der Waals surface area contributed by atoms with Gasteiger partial charge < -0.3 is 4.74 Å². The van der Waals surface area contributed by atoms with Gasteiger partial charge in [0.2, 0.25) is 0 Å². The topological polar surface area (TPSA) is 43.4 Å². The van der Waals surface area contributed by atoms with Gasteiger partial charge in [0.25, 0.3) is 6.43 Å². The van der Waals surface area contributed by atoms with Gasteiger partial charge >= 0.3 is 5.97 Å². The Labute approximate surface area is 114 Å². The van der Waals surface area contributed by atoms with E-state index in [-0.39, 0.29) is 23.3 Å². The van der Waals surface area contributed by atoms with Crippen LogP contribution in [0.25, 0.3) is 0 Å². The third-order valence-electron chi connectivity index (χ3n) is 2.42. The molecule has 1 aromatic carbocycles. The second-order valence-corrected chi connectivity index (χ2v) is 4.46. The molecule has 0 N–H and O–H groups in total. The minimum atomic E-state index is -2.73. The smallest absolute Gasteiger partial charge is 0.338 e. The van der Waals surface area contributed by atoms with E-state index in [2.05, 4.69) is 0 Å². The number of hydrogen-bond donors (Lipinski definition) is 0. The molecule has 3 nitrogen and oxygen atoms in total. The third-order valence-corrected chi connectivity index (χ3v) is 2.62. The van der Waals surface area contributed by atoms with Crippen molar-refractivity contribution in [3.8, 4) is 0 Å². The Bertz CT molecular complexity index is 487. The molecule has 0 radical (unpaired) electrons. The SMILES string of the molecule is CCOC(=O)c1ccc(C(F)F)cc1C(=O)C(C)Cl. The van der Waals surface area contributed by atoms with E-state index in [0.29, 0.717) is 0 Å². The highest BCUT2D eigenvalue weighted by Gasteiger charge is 2.23. The van der Waals surface area contributed by atoms with Crippen LogP contribution in [0.15, 0.2) is 18.2 Å². The zero-order chi connectivity index (χ0) is 14.6. The van der Waals surface area contributed by atoms with Crippen molar-refractivity contribution >= 4 is 23.4 Å². The van der Waals surface area contributed by atoms with Crippen LogP contribution in [0.3, 0.4) is 0 Å². The number of carbonyl (C=O) groups excluding carboxylic acids is 2. The van der Waals surface area contributed by atoms with E-state index in [1.54, 1.807) is 6.92 Å². The van der Waals surface area contributed by atoms with Gasteiger partial charge in [-0.3, -0.25) is 4.79 Å². The molecule has 0 aliphatic carbocycles. The third kappa shape index (κ3) is 3.73. The summed E-state index contributed by atoms with van der Waals surface area (Å²) in [6.45, 7) is 3.14. The molecular formula is C13H13ClF2O3. The fraction of sp³-hybridized carbons (Fsp3) is 0.385. The van der Waals surface area contributed by atoms with Gasteiger partial charge in [0.15, 0.2) is 5.78 Å². The van der Waals surface area contributed by atoms with E-state index in [0.717, 1.165) is 18.2 Å². The first-order valence-electron chi connectivity index (χ1n) is 5.66. The van der Waals surface area contributed by atoms with Crippen molar-refractivity contribution in [1.82, 2.24) is 0 Å². The van der Waals surface area contributed by atoms with Gasteiger partial charge in [0, 0.05) is 11.1 Å². The van der Waals surface area contributed by atoms with Crippen LogP contribution >= 0.6 is 11.6 Å². The van der Waals surface area contributed by atoms with Gasteiger partial charge in [0.05, 0.1) is 17.5 Å². The molecule has 0 spiro atoms. The minimum absolute atomic E-state index is 0.0521. The van der Waals surface area contributed by atoms with Crippen molar-refractivity contribution < 1.29 is 23.1 Å². The van der Waals surface area contributed by atoms with Crippen molar-refractivity contribution in [2.45, 2.75) is 25.7 Å². The average molecular weight is 291 g/mol. The summed E-state index contributed by atoms with van der Waals surface area (Å²) in [4.78, 5) is 23.5. The van der Waals surface area contributed by atoms with E-state index < -0.39 is 23.6 Å². The van der Waals surface area contributed by atoms with Crippen LogP contribution in [-0.4, -0.2) is 23.7 Å². The van der Waals surface area contributed by atoms with Crippen molar-refractivity contribution in [1.29, 1.82) is 0 Å². The van der Waals surface area contributed by atoms with Crippen molar-refractivity contribution in [3.05, 3.63) is 34.9 Å². The van der Waals surface area contributed by atoms with Crippen LogP contribution in [0.2, 0.25) is 0 Å². The number of esters is 1. The fourth-order valence-corrected chi connectivity index (χ4v) is 1.62. The molecule has 19 heavy (non-hydrogen) atoms. The second-order valence-electron chi connectivity index (χ2n) is 3.81. The molecule has 6 heteroatoms. The molecule has 0 saturated heterocycles. The lowest BCUT2D eigenvalue weighted by atomic mass is 9.99. The lowest BCUT2D eigenvalue weighted by Gasteiger charge is -2.11. The molecule has 0 amide bonds. The summed E-state index contributed by atoms with van der Waals surface area (Å²) < 4.78 is 30.0. The first-order chi connectivity index (χ1) is 8.88. The van der Waals surface area contributed by atoms with Crippen LogP contribution in [0.1, 0.15) is 46.6 Å². The molecule has 0 heterocycles. The molecule has 1 rings (SSSR count). The first kappa shape index (κ1) is 15.6. The molecule has 104 valence electrons. The van der Waals surface area contributed by atoms with Gasteiger partial charge in [-0.1, -0.05) is 6.07 Å². The van der Waals surface area contributed by atoms with Gasteiger partial charge in [-0.25, -0.2) is 13.6 Å². The summed E-state index contributed by atoms with van der Waals surface area (Å²) >= 11 is 5.66. The van der Waals surface area contributed by atoms with Crippen molar-refractivity contribution in [3.63, 3.8) is 0 Å². The zero-order valence-corrected chi connectivity index (χ0v) is 11.2. The normalized spacial score (nSPS) is 12.3. The molecule has 1 atom stereocenters. The van der Waals surface area contributed by atoms with E-state index >= 15 is 0 Å². The summed E-state index contributed by atoms with van der Waals surface area (Å²) in [5, 5.41) is -0.916. The number of carbonyl (C=O) groups is 2. The van der Waals surface area contributed by atoms with Crippen LogP contribution in [-0.2, 0) is 4.74 Å². The van der Waals surface area contributed by atoms with Gasteiger partial charge in [-0.05, 0) is 26.0 Å². The maximum atomic E-state index is 12.6. The molecule has 1 aromatic rings. The number of alkyl halides is 3. The summed E-state index contributed by atoms with van der Waals surface area (Å²) in [5.41, 5.74) is -0.531. The van der Waals surface area contributed by atoms with Crippen molar-refractivity contribution in [2.24, 2.45) is 0 Å². The molecule has 0 aliphatic heterocycles. The van der Waals surface area contributed by atoms with E-state index in [4.69, 9.17) is 16.3 Å². The molecule has 0 bridgehead atoms. The summed E-state index contributed by atoms with van der Waals surface area (Å²) in [6.07, 6.45) is -2.73. The fourth-order valence-electron chi connectivity index (χ4n) is 1.50. The van der Waals surface area contributed by atoms with Crippen molar-refractivity contribution in [2.75, 3.05) is 6.61 Å². The second kappa shape index (κ2) is 6.61. The Hall–Kier alpha value is -1.49. The van der Waals surface area contributed by atoms with Gasteiger partial charge in [-0.2, -0.15) is 0 Å². The van der Waals surface area contributed by atoms with Gasteiger partial charge in [0.1, 0.15) is 0 Å². The molecule has 0 aliphatic rings. The Morgan fingerprint density at radius 1 is 1.32 bits per heavy atom. The highest BCUT2D eigenvalue weighted by atomic mass is 35.5. The average Bonchev–Trinajstić information content (AvgIpc) is 2.37. The largest absolute Gasteiger partial charge is 0.462 e. The summed E-state index contributed by atoms with van der Waals surface area (Å²) in [7, 11) is 0. The predicted octanol–water partition coefficient (Wildman–Crippen LogP) is 3.61. The quantitative estimate of drug-likeness (QED) is 0.473. The maximum absolute atomic E-state index is 12.6. The highest BCUT2D eigenvalue weighted by molar-refractivity contribution is 6.34. The number of ketones is 1. The van der Waals surface area contributed by atoms with Crippen LogP contribution in [0.5, 0.6) is 0 Å². The minimum Gasteiger partial charge on any atom is -0.462 e. The van der Waals surface area contributed by atoms with Crippen LogP contribution in [0.4, 0.5) is 8.78 Å². The van der Waals surface area contributed by atoms with Crippen LogP contribution < -0.4 is 0 Å². The zero-order valence-electron chi connectivity index (χ0n) is 10.5. The lowest BCUT2D eigenvalue weighted by Crippen LogP contribution is -2.17. The Kier molecular flexibility index (Phi) is 5.42. The number of hydrogen-bond acceptors (Lipinski definition) is 3. The molecule has 0 saturated carbocycles. The first-order valence-corrected chi connectivity index (χ1v) is 6.09. The lowest BCUT2D eigenvalue weighted by molar-refractivity contribution is 0.0522. The number of ether oxygens (including phenoxy) is 1. The molecule has 0 fully saturated rings. The van der Waals surface area contributed by atoms with E-state index in [1.807, 2.05) is 0 Å². The highest BCUT2D eigenvalue weighted by Crippen LogP contribution is 2.24. The summed E-state index contributed by atoms with van der Waals surface area (Å²) in [6, 6.07) is 3.23.